The molecule has 2 aliphatic rings. The summed E-state index contributed by atoms with van der Waals surface area (Å²) in [4.78, 5) is 30.9. The van der Waals surface area contributed by atoms with Crippen molar-refractivity contribution in [2.75, 3.05) is 18.5 Å². The summed E-state index contributed by atoms with van der Waals surface area (Å²) in [6.07, 6.45) is 0.613. The van der Waals surface area contributed by atoms with Crippen LogP contribution in [0.3, 0.4) is 0 Å². The Balaban J connectivity index is 1.48. The van der Waals surface area contributed by atoms with Gasteiger partial charge in [0, 0.05) is 33.6 Å². The Hall–Kier alpha value is -1.60. The Bertz CT molecular complexity index is 893. The van der Waals surface area contributed by atoms with Crippen LogP contribution in [0.25, 0.3) is 0 Å². The molecule has 0 saturated carbocycles. The van der Waals surface area contributed by atoms with Gasteiger partial charge in [0.05, 0.1) is 5.69 Å². The van der Waals surface area contributed by atoms with Crippen LogP contribution in [0.15, 0.2) is 46.9 Å². The molecule has 2 aliphatic heterocycles. The largest absolute Gasteiger partial charge is 0.332 e. The number of hydrogen-bond donors (Lipinski definition) is 0. The van der Waals surface area contributed by atoms with Crippen LogP contribution in [-0.2, 0) is 11.3 Å². The normalized spacial score (nSPS) is 21.8. The molecule has 0 spiro atoms. The standard InChI is InChI=1S/C20H18BrCl2N3O2/c1-24(10-12-2-4-13(21)5-3-12)17-9-18-19(27)26(20(28)25(18)11-17)16-7-14(22)6-15(23)8-16/h2-8,17-18H,9-11H2,1H3/t17-,18-/m0/s1. The SMILES string of the molecule is CN(Cc1ccc(Br)cc1)[C@H]1C[C@H]2C(=O)N(c3cc(Cl)cc(Cl)c3)C(=O)N2C1. The van der Waals surface area contributed by atoms with E-state index in [9.17, 15) is 9.59 Å². The van der Waals surface area contributed by atoms with E-state index >= 15 is 0 Å². The average Bonchev–Trinajstić information content (AvgIpc) is 3.16. The summed E-state index contributed by atoms with van der Waals surface area (Å²) in [6, 6.07) is 12.3. The number of halogens is 3. The van der Waals surface area contributed by atoms with E-state index in [1.54, 1.807) is 23.1 Å². The Kier molecular flexibility index (Phi) is 5.40. The molecule has 0 radical (unpaired) electrons. The minimum absolute atomic E-state index is 0.131. The zero-order chi connectivity index (χ0) is 20.0. The molecule has 28 heavy (non-hydrogen) atoms. The van der Waals surface area contributed by atoms with Crippen molar-refractivity contribution in [1.29, 1.82) is 0 Å². The number of urea groups is 1. The van der Waals surface area contributed by atoms with Crippen LogP contribution in [-0.4, -0.2) is 47.4 Å². The number of carbonyl (C=O) groups excluding carboxylic acids is 2. The van der Waals surface area contributed by atoms with E-state index in [0.29, 0.717) is 28.7 Å². The van der Waals surface area contributed by atoms with Crippen LogP contribution in [0.2, 0.25) is 10.0 Å². The van der Waals surface area contributed by atoms with Crippen LogP contribution in [0, 0.1) is 0 Å². The van der Waals surface area contributed by atoms with Gasteiger partial charge in [0.2, 0.25) is 0 Å². The molecule has 2 aromatic rings. The molecule has 3 amide bonds. The summed E-state index contributed by atoms with van der Waals surface area (Å²) < 4.78 is 1.04. The van der Waals surface area contributed by atoms with Crippen LogP contribution in [0.5, 0.6) is 0 Å². The lowest BCUT2D eigenvalue weighted by atomic mass is 10.1. The smallest absolute Gasteiger partial charge is 0.310 e. The van der Waals surface area contributed by atoms with Gasteiger partial charge in [-0.15, -0.1) is 0 Å². The van der Waals surface area contributed by atoms with E-state index < -0.39 is 6.04 Å². The maximum atomic E-state index is 12.9. The first-order chi connectivity index (χ1) is 13.3. The van der Waals surface area contributed by atoms with Crippen molar-refractivity contribution in [1.82, 2.24) is 9.80 Å². The first-order valence-corrected chi connectivity index (χ1v) is 10.4. The van der Waals surface area contributed by atoms with Gasteiger partial charge in [0.1, 0.15) is 6.04 Å². The molecule has 2 atom stereocenters. The Labute approximate surface area is 181 Å². The van der Waals surface area contributed by atoms with Crippen molar-refractivity contribution in [3.63, 3.8) is 0 Å². The molecule has 2 aromatic carbocycles. The van der Waals surface area contributed by atoms with Gasteiger partial charge in [-0.25, -0.2) is 9.69 Å². The maximum absolute atomic E-state index is 12.9. The van der Waals surface area contributed by atoms with E-state index in [0.717, 1.165) is 11.0 Å². The van der Waals surface area contributed by atoms with Gasteiger partial charge in [0.25, 0.3) is 5.91 Å². The fourth-order valence-corrected chi connectivity index (χ4v) is 4.64. The molecule has 2 fully saturated rings. The second kappa shape index (κ2) is 7.67. The number of hydrogen-bond acceptors (Lipinski definition) is 3. The summed E-state index contributed by atoms with van der Waals surface area (Å²) in [5, 5.41) is 0.782. The van der Waals surface area contributed by atoms with Crippen LogP contribution >= 0.6 is 39.1 Å². The van der Waals surface area contributed by atoms with Crippen molar-refractivity contribution in [2.24, 2.45) is 0 Å². The van der Waals surface area contributed by atoms with Gasteiger partial charge < -0.3 is 4.90 Å². The van der Waals surface area contributed by atoms with Gasteiger partial charge in [-0.05, 0) is 49.4 Å². The van der Waals surface area contributed by atoms with Gasteiger partial charge in [-0.3, -0.25) is 9.69 Å². The van der Waals surface area contributed by atoms with Gasteiger partial charge in [-0.2, -0.15) is 0 Å². The Morgan fingerprint density at radius 3 is 2.36 bits per heavy atom. The number of imide groups is 1. The third kappa shape index (κ3) is 3.66. The fraction of sp³-hybridized carbons (Fsp3) is 0.300. The Morgan fingerprint density at radius 2 is 1.75 bits per heavy atom. The van der Waals surface area contributed by atoms with Gasteiger partial charge >= 0.3 is 6.03 Å². The number of amides is 3. The summed E-state index contributed by atoms with van der Waals surface area (Å²) in [5.41, 5.74) is 1.60. The first kappa shape index (κ1) is 19.7. The minimum atomic E-state index is -0.442. The highest BCUT2D eigenvalue weighted by atomic mass is 79.9. The third-order valence-corrected chi connectivity index (χ3v) is 6.26. The molecule has 0 bridgehead atoms. The number of fused-ring (bicyclic) bond motifs is 1. The van der Waals surface area contributed by atoms with Crippen molar-refractivity contribution in [2.45, 2.75) is 25.0 Å². The molecular formula is C20H18BrCl2N3O2. The predicted molar refractivity (Wildman–Crippen MR) is 114 cm³/mol. The number of benzene rings is 2. The summed E-state index contributed by atoms with van der Waals surface area (Å²) in [7, 11) is 2.03. The van der Waals surface area contributed by atoms with Crippen molar-refractivity contribution in [3.8, 4) is 0 Å². The molecule has 4 rings (SSSR count). The highest BCUT2D eigenvalue weighted by Gasteiger charge is 2.51. The number of likely N-dealkylation sites (N-methyl/N-ethyl adjacent to an activating group) is 1. The van der Waals surface area contributed by atoms with E-state index in [1.165, 1.54) is 10.5 Å². The topological polar surface area (TPSA) is 43.9 Å². The zero-order valence-electron chi connectivity index (χ0n) is 15.1. The lowest BCUT2D eigenvalue weighted by molar-refractivity contribution is -0.119. The second-order valence-corrected chi connectivity index (χ2v) is 8.97. The maximum Gasteiger partial charge on any atom is 0.332 e. The molecule has 0 aromatic heterocycles. The number of anilines is 1. The Morgan fingerprint density at radius 1 is 1.11 bits per heavy atom. The monoisotopic (exact) mass is 481 g/mol. The molecule has 0 N–H and O–H groups in total. The fourth-order valence-electron chi connectivity index (χ4n) is 3.86. The molecule has 8 heteroatoms. The van der Waals surface area contributed by atoms with E-state index in [2.05, 4.69) is 33.0 Å². The van der Waals surface area contributed by atoms with Crippen molar-refractivity contribution >= 4 is 56.8 Å². The highest BCUT2D eigenvalue weighted by Crippen LogP contribution is 2.35. The predicted octanol–water partition coefficient (Wildman–Crippen LogP) is 4.80. The quantitative estimate of drug-likeness (QED) is 0.588. The molecule has 2 heterocycles. The number of nitrogens with zero attached hydrogens (tertiary/aromatic N) is 3. The molecule has 2 saturated heterocycles. The van der Waals surface area contributed by atoms with Crippen LogP contribution in [0.1, 0.15) is 12.0 Å². The first-order valence-electron chi connectivity index (χ1n) is 8.89. The lowest BCUT2D eigenvalue weighted by Crippen LogP contribution is -2.39. The summed E-state index contributed by atoms with van der Waals surface area (Å²) >= 11 is 15.5. The second-order valence-electron chi connectivity index (χ2n) is 7.18. The molecule has 146 valence electrons. The van der Waals surface area contributed by atoms with Crippen molar-refractivity contribution in [3.05, 3.63) is 62.5 Å². The number of rotatable bonds is 4. The van der Waals surface area contributed by atoms with Crippen LogP contribution in [0.4, 0.5) is 10.5 Å². The van der Waals surface area contributed by atoms with Crippen LogP contribution < -0.4 is 4.90 Å². The zero-order valence-corrected chi connectivity index (χ0v) is 18.2. The minimum Gasteiger partial charge on any atom is -0.310 e. The average molecular weight is 483 g/mol. The highest BCUT2D eigenvalue weighted by molar-refractivity contribution is 9.10. The molecular weight excluding hydrogens is 465 g/mol. The number of carbonyl (C=O) groups is 2. The summed E-state index contributed by atoms with van der Waals surface area (Å²) in [6.45, 7) is 1.28. The third-order valence-electron chi connectivity index (χ3n) is 5.30. The summed E-state index contributed by atoms with van der Waals surface area (Å²) in [5.74, 6) is -0.220. The molecule has 0 aliphatic carbocycles. The van der Waals surface area contributed by atoms with Gasteiger partial charge in [-0.1, -0.05) is 51.3 Å². The molecule has 5 nitrogen and oxygen atoms in total. The molecule has 0 unspecified atom stereocenters. The van der Waals surface area contributed by atoms with E-state index in [-0.39, 0.29) is 18.0 Å². The van der Waals surface area contributed by atoms with E-state index in [1.807, 2.05) is 19.2 Å². The van der Waals surface area contributed by atoms with Crippen molar-refractivity contribution < 1.29 is 9.59 Å². The van der Waals surface area contributed by atoms with E-state index in [4.69, 9.17) is 23.2 Å². The van der Waals surface area contributed by atoms with Gasteiger partial charge in [0.15, 0.2) is 0 Å². The lowest BCUT2D eigenvalue weighted by Gasteiger charge is -2.25.